The Morgan fingerprint density at radius 1 is 0.947 bits per heavy atom. The van der Waals surface area contributed by atoms with E-state index in [1.165, 1.54) is 12.1 Å². The Hall–Kier alpha value is -4.31. The van der Waals surface area contributed by atoms with Crippen molar-refractivity contribution in [2.75, 3.05) is 0 Å². The molecule has 0 aromatic heterocycles. The number of fused-ring (bicyclic) bond motifs is 8. The molecule has 6 rings (SSSR count). The van der Waals surface area contributed by atoms with Gasteiger partial charge in [-0.3, -0.25) is 4.79 Å². The van der Waals surface area contributed by atoms with Crippen molar-refractivity contribution in [1.29, 1.82) is 5.26 Å². The molecule has 5 nitrogen and oxygen atoms in total. The number of nitriles is 1. The summed E-state index contributed by atoms with van der Waals surface area (Å²) in [6, 6.07) is 22.2. The number of rotatable bonds is 5. The molecule has 2 bridgehead atoms. The summed E-state index contributed by atoms with van der Waals surface area (Å²) in [5.41, 5.74) is 16.8. The zero-order chi connectivity index (χ0) is 26.6. The van der Waals surface area contributed by atoms with Crippen LogP contribution in [0.15, 0.2) is 66.7 Å². The van der Waals surface area contributed by atoms with Crippen molar-refractivity contribution in [3.05, 3.63) is 128 Å². The van der Waals surface area contributed by atoms with E-state index in [2.05, 4.69) is 23.5 Å². The Balaban J connectivity index is 1.24. The van der Waals surface area contributed by atoms with Crippen LogP contribution < -0.4 is 11.1 Å². The minimum atomic E-state index is -0.433. The summed E-state index contributed by atoms with van der Waals surface area (Å²) < 4.78 is 20.0. The maximum absolute atomic E-state index is 13.6. The number of carbonyl (C=O) groups excluding carboxylic acids is 1. The van der Waals surface area contributed by atoms with Gasteiger partial charge in [-0.1, -0.05) is 36.4 Å². The molecule has 2 atom stereocenters. The molecule has 4 aromatic rings. The van der Waals surface area contributed by atoms with Crippen LogP contribution in [0.5, 0.6) is 0 Å². The molecule has 2 aliphatic rings. The molecule has 6 heteroatoms. The topological polar surface area (TPSA) is 88.1 Å². The van der Waals surface area contributed by atoms with Gasteiger partial charge >= 0.3 is 0 Å². The quantitative estimate of drug-likeness (QED) is 0.355. The molecule has 4 aromatic carbocycles. The van der Waals surface area contributed by atoms with Crippen LogP contribution >= 0.6 is 0 Å². The number of hydrogen-bond acceptors (Lipinski definition) is 4. The molecule has 188 valence electrons. The first kappa shape index (κ1) is 24.1. The van der Waals surface area contributed by atoms with Gasteiger partial charge in [-0.25, -0.2) is 4.39 Å². The standard InChI is InChI=1S/C32H26FN3O2/c1-17-9-19(14-34)10-18(2)29(17)16-36-32(37)21-4-7-26-28(13-21)31-25-6-3-20(12-27(25)30(26)38-31)24-8-5-23(33)11-22(24)15-35/h3-13,30-31H,14,16,34H2,1-2H3,(H,36,37). The maximum Gasteiger partial charge on any atom is 0.251 e. The van der Waals surface area contributed by atoms with E-state index in [1.54, 1.807) is 6.07 Å². The number of aryl methyl sites for hydroxylation is 2. The first-order valence-electron chi connectivity index (χ1n) is 12.6. The summed E-state index contributed by atoms with van der Waals surface area (Å²) in [4.78, 5) is 13.1. The van der Waals surface area contributed by atoms with E-state index < -0.39 is 5.82 Å². The number of nitrogens with zero attached hydrogens (tertiary/aromatic N) is 1. The predicted octanol–water partition coefficient (Wildman–Crippen LogP) is 5.89. The van der Waals surface area contributed by atoms with Gasteiger partial charge in [0.05, 0.1) is 11.6 Å². The fourth-order valence-corrected chi connectivity index (χ4v) is 5.77. The average Bonchev–Trinajstić information content (AvgIpc) is 3.49. The lowest BCUT2D eigenvalue weighted by molar-refractivity contribution is 0.0857. The SMILES string of the molecule is Cc1cc(CN)cc(C)c1CNC(=O)c1ccc2c(c1)C1OC2c2cc(-c3ccc(F)cc3C#N)ccc21. The summed E-state index contributed by atoms with van der Waals surface area (Å²) in [7, 11) is 0. The molecular formula is C32H26FN3O2. The number of hydrogen-bond donors (Lipinski definition) is 2. The number of halogens is 1. The third-order valence-corrected chi connectivity index (χ3v) is 7.67. The highest BCUT2D eigenvalue weighted by molar-refractivity contribution is 5.94. The van der Waals surface area contributed by atoms with E-state index in [0.717, 1.165) is 50.1 Å². The Morgan fingerprint density at radius 2 is 1.63 bits per heavy atom. The Kier molecular flexibility index (Phi) is 5.83. The summed E-state index contributed by atoms with van der Waals surface area (Å²) in [5.74, 6) is -0.564. The number of benzene rings is 4. The van der Waals surface area contributed by atoms with Gasteiger partial charge in [-0.2, -0.15) is 5.26 Å². The predicted molar refractivity (Wildman–Crippen MR) is 143 cm³/mol. The van der Waals surface area contributed by atoms with Crippen LogP contribution in [0.1, 0.15) is 72.6 Å². The van der Waals surface area contributed by atoms with Gasteiger partial charge in [0.1, 0.15) is 18.0 Å². The Bertz CT molecular complexity index is 1650. The van der Waals surface area contributed by atoms with Gasteiger partial charge < -0.3 is 15.8 Å². The molecular weight excluding hydrogens is 477 g/mol. The van der Waals surface area contributed by atoms with Crippen LogP contribution in [-0.2, 0) is 17.8 Å². The van der Waals surface area contributed by atoms with Gasteiger partial charge in [0.25, 0.3) is 5.91 Å². The molecule has 0 fully saturated rings. The molecule has 0 radical (unpaired) electrons. The van der Waals surface area contributed by atoms with Gasteiger partial charge in [0, 0.05) is 18.7 Å². The van der Waals surface area contributed by atoms with Crippen LogP contribution in [0.2, 0.25) is 0 Å². The summed E-state index contributed by atoms with van der Waals surface area (Å²) in [5, 5.41) is 12.5. The lowest BCUT2D eigenvalue weighted by Gasteiger charge is -2.18. The average molecular weight is 504 g/mol. The molecule has 2 aliphatic heterocycles. The second kappa shape index (κ2) is 9.21. The fraction of sp³-hybridized carbons (Fsp3) is 0.188. The smallest absolute Gasteiger partial charge is 0.251 e. The largest absolute Gasteiger partial charge is 0.356 e. The normalized spacial score (nSPS) is 16.6. The van der Waals surface area contributed by atoms with Crippen molar-refractivity contribution in [1.82, 2.24) is 5.32 Å². The lowest BCUT2D eigenvalue weighted by Crippen LogP contribution is -2.24. The van der Waals surface area contributed by atoms with Crippen molar-refractivity contribution in [2.45, 2.75) is 39.1 Å². The molecule has 2 heterocycles. The van der Waals surface area contributed by atoms with Crippen LogP contribution in [0, 0.1) is 31.0 Å². The number of carbonyl (C=O) groups is 1. The maximum atomic E-state index is 13.6. The van der Waals surface area contributed by atoms with Crippen molar-refractivity contribution in [3.8, 4) is 17.2 Å². The molecule has 3 N–H and O–H groups in total. The zero-order valence-electron chi connectivity index (χ0n) is 21.1. The van der Waals surface area contributed by atoms with Crippen LogP contribution in [0.3, 0.4) is 0 Å². The van der Waals surface area contributed by atoms with Gasteiger partial charge in [0.2, 0.25) is 0 Å². The van der Waals surface area contributed by atoms with Gasteiger partial charge in [-0.15, -0.1) is 0 Å². The second-order valence-electron chi connectivity index (χ2n) is 9.98. The number of amides is 1. The Morgan fingerprint density at radius 3 is 2.32 bits per heavy atom. The highest BCUT2D eigenvalue weighted by Crippen LogP contribution is 2.54. The van der Waals surface area contributed by atoms with Crippen molar-refractivity contribution in [3.63, 3.8) is 0 Å². The molecule has 0 aliphatic carbocycles. The second-order valence-corrected chi connectivity index (χ2v) is 9.98. The van der Waals surface area contributed by atoms with E-state index in [1.807, 2.05) is 50.2 Å². The number of nitrogens with two attached hydrogens (primary N) is 1. The van der Waals surface area contributed by atoms with E-state index in [-0.39, 0.29) is 18.1 Å². The van der Waals surface area contributed by atoms with Crippen molar-refractivity contribution in [2.24, 2.45) is 5.73 Å². The van der Waals surface area contributed by atoms with Gasteiger partial charge in [-0.05, 0) is 99.8 Å². The van der Waals surface area contributed by atoms with E-state index >= 15 is 0 Å². The molecule has 0 saturated heterocycles. The molecule has 0 spiro atoms. The highest BCUT2D eigenvalue weighted by atomic mass is 19.1. The lowest BCUT2D eigenvalue weighted by atomic mass is 9.83. The molecule has 1 amide bonds. The summed E-state index contributed by atoms with van der Waals surface area (Å²) >= 11 is 0. The minimum Gasteiger partial charge on any atom is -0.356 e. The first-order valence-corrected chi connectivity index (χ1v) is 12.6. The fourth-order valence-electron chi connectivity index (χ4n) is 5.77. The van der Waals surface area contributed by atoms with Crippen molar-refractivity contribution < 1.29 is 13.9 Å². The van der Waals surface area contributed by atoms with Crippen LogP contribution in [-0.4, -0.2) is 5.91 Å². The van der Waals surface area contributed by atoms with E-state index in [9.17, 15) is 14.4 Å². The molecule has 0 saturated carbocycles. The number of nitrogens with one attached hydrogen (secondary N) is 1. The third kappa shape index (κ3) is 3.88. The summed E-state index contributed by atoms with van der Waals surface area (Å²) in [6.07, 6.45) is -0.483. The third-order valence-electron chi connectivity index (χ3n) is 7.67. The first-order chi connectivity index (χ1) is 18.4. The van der Waals surface area contributed by atoms with Crippen LogP contribution in [0.25, 0.3) is 11.1 Å². The van der Waals surface area contributed by atoms with Gasteiger partial charge in [0.15, 0.2) is 0 Å². The van der Waals surface area contributed by atoms with E-state index in [4.69, 9.17) is 10.5 Å². The van der Waals surface area contributed by atoms with Crippen LogP contribution in [0.4, 0.5) is 4.39 Å². The molecule has 2 unspecified atom stereocenters. The number of ether oxygens (including phenoxy) is 1. The minimum absolute atomic E-state index is 0.131. The summed E-state index contributed by atoms with van der Waals surface area (Å²) in [6.45, 7) is 5.01. The Labute approximate surface area is 220 Å². The zero-order valence-corrected chi connectivity index (χ0v) is 21.1. The molecule has 38 heavy (non-hydrogen) atoms. The monoisotopic (exact) mass is 503 g/mol. The van der Waals surface area contributed by atoms with Crippen molar-refractivity contribution >= 4 is 5.91 Å². The van der Waals surface area contributed by atoms with E-state index in [0.29, 0.717) is 29.8 Å². The highest BCUT2D eigenvalue weighted by Gasteiger charge is 2.43.